The van der Waals surface area contributed by atoms with Crippen molar-refractivity contribution in [2.24, 2.45) is 0 Å². The van der Waals surface area contributed by atoms with Crippen molar-refractivity contribution in [3.63, 3.8) is 0 Å². The van der Waals surface area contributed by atoms with Crippen LogP contribution in [0.5, 0.6) is 5.88 Å². The van der Waals surface area contributed by atoms with Gasteiger partial charge in [0.2, 0.25) is 5.88 Å². The monoisotopic (exact) mass is 404 g/mol. The Morgan fingerprint density at radius 3 is 2.69 bits per heavy atom. The van der Waals surface area contributed by atoms with Crippen LogP contribution < -0.4 is 9.64 Å². The highest BCUT2D eigenvalue weighted by Gasteiger charge is 2.34. The van der Waals surface area contributed by atoms with Gasteiger partial charge in [0.25, 0.3) is 0 Å². The molecule has 2 aromatic rings. The number of ether oxygens (including phenoxy) is 3. The fourth-order valence-electron chi connectivity index (χ4n) is 3.13. The molecule has 2 heterocycles. The zero-order valence-electron chi connectivity index (χ0n) is 16.1. The molecule has 9 heteroatoms. The second-order valence-corrected chi connectivity index (χ2v) is 6.57. The molecule has 0 radical (unpaired) electrons. The second kappa shape index (κ2) is 8.87. The highest BCUT2D eigenvalue weighted by Crippen LogP contribution is 2.35. The number of carbonyl (C=O) groups is 2. The number of benzene rings is 1. The minimum atomic E-state index is -1.15. The number of aromatic nitrogens is 1. The van der Waals surface area contributed by atoms with Crippen LogP contribution in [0, 0.1) is 5.82 Å². The van der Waals surface area contributed by atoms with E-state index < -0.39 is 18.1 Å². The number of esters is 1. The van der Waals surface area contributed by atoms with Crippen LogP contribution in [0.15, 0.2) is 30.3 Å². The number of fused-ring (bicyclic) bond motifs is 1. The highest BCUT2D eigenvalue weighted by molar-refractivity contribution is 5.89. The van der Waals surface area contributed by atoms with E-state index in [4.69, 9.17) is 14.2 Å². The van der Waals surface area contributed by atoms with Gasteiger partial charge in [0.05, 0.1) is 18.3 Å². The van der Waals surface area contributed by atoms with Crippen molar-refractivity contribution in [2.45, 2.75) is 26.0 Å². The van der Waals surface area contributed by atoms with E-state index in [0.29, 0.717) is 17.7 Å². The maximum Gasteiger partial charge on any atom is 0.412 e. The smallest absolute Gasteiger partial charge is 0.412 e. The largest absolute Gasteiger partial charge is 0.474 e. The van der Waals surface area contributed by atoms with Gasteiger partial charge >= 0.3 is 12.1 Å². The third-order valence-electron chi connectivity index (χ3n) is 4.46. The Labute approximate surface area is 166 Å². The summed E-state index contributed by atoms with van der Waals surface area (Å²) in [7, 11) is 1.48. The number of halogens is 1. The first kappa shape index (κ1) is 20.5. The van der Waals surface area contributed by atoms with Crippen molar-refractivity contribution in [3.05, 3.63) is 53.0 Å². The molecule has 29 heavy (non-hydrogen) atoms. The van der Waals surface area contributed by atoms with E-state index in [1.165, 1.54) is 31.1 Å². The van der Waals surface area contributed by atoms with E-state index in [-0.39, 0.29) is 37.2 Å². The Hall–Kier alpha value is -3.20. The second-order valence-electron chi connectivity index (χ2n) is 6.57. The van der Waals surface area contributed by atoms with Crippen molar-refractivity contribution in [2.75, 3.05) is 25.2 Å². The van der Waals surface area contributed by atoms with Crippen molar-refractivity contribution in [1.29, 1.82) is 0 Å². The standard InChI is InChI=1S/C20H21FN2O6/c1-12(24)28-11-17-14(7-13-3-5-15(21)6-4-13)8-18-19(22-17)29-10-16(9-27-2)23(18)20(25)26/h3-6,8,16H,7,9-11H2,1-2H3,(H,25,26)/t16-/m0/s1. The topological polar surface area (TPSA) is 98.2 Å². The molecule has 1 amide bonds. The van der Waals surface area contributed by atoms with E-state index in [1.54, 1.807) is 18.2 Å². The van der Waals surface area contributed by atoms with Gasteiger partial charge in [-0.25, -0.2) is 14.2 Å². The zero-order valence-corrected chi connectivity index (χ0v) is 16.1. The number of hydrogen-bond acceptors (Lipinski definition) is 6. The van der Waals surface area contributed by atoms with Crippen molar-refractivity contribution in [1.82, 2.24) is 4.98 Å². The lowest BCUT2D eigenvalue weighted by molar-refractivity contribution is -0.142. The van der Waals surface area contributed by atoms with Gasteiger partial charge in [-0.05, 0) is 35.7 Å². The van der Waals surface area contributed by atoms with Crippen LogP contribution in [0.2, 0.25) is 0 Å². The number of pyridine rings is 1. The maximum absolute atomic E-state index is 13.2. The molecule has 8 nitrogen and oxygen atoms in total. The molecule has 0 aliphatic carbocycles. The molecule has 1 N–H and O–H groups in total. The van der Waals surface area contributed by atoms with Gasteiger partial charge in [-0.1, -0.05) is 12.1 Å². The van der Waals surface area contributed by atoms with Crippen LogP contribution in [0.4, 0.5) is 14.9 Å². The van der Waals surface area contributed by atoms with Gasteiger partial charge in [0, 0.05) is 14.0 Å². The number of amides is 1. The molecule has 0 unspecified atom stereocenters. The van der Waals surface area contributed by atoms with Crippen LogP contribution in [0.25, 0.3) is 0 Å². The summed E-state index contributed by atoms with van der Waals surface area (Å²) in [6, 6.07) is 7.07. The molecule has 1 aliphatic rings. The number of carboxylic acid groups (broad SMARTS) is 1. The Morgan fingerprint density at radius 2 is 2.07 bits per heavy atom. The number of rotatable bonds is 6. The fourth-order valence-corrected chi connectivity index (χ4v) is 3.13. The van der Waals surface area contributed by atoms with Crippen LogP contribution in [0.1, 0.15) is 23.7 Å². The van der Waals surface area contributed by atoms with Gasteiger partial charge in [0.1, 0.15) is 24.7 Å². The normalized spacial score (nSPS) is 15.4. The first-order valence-electron chi connectivity index (χ1n) is 8.93. The first-order valence-corrected chi connectivity index (χ1v) is 8.93. The molecule has 154 valence electrons. The van der Waals surface area contributed by atoms with E-state index in [2.05, 4.69) is 4.98 Å². The number of hydrogen-bond donors (Lipinski definition) is 1. The van der Waals surface area contributed by atoms with Gasteiger partial charge < -0.3 is 19.3 Å². The third kappa shape index (κ3) is 4.80. The van der Waals surface area contributed by atoms with Gasteiger partial charge in [-0.3, -0.25) is 9.69 Å². The number of anilines is 1. The molecule has 0 spiro atoms. The van der Waals surface area contributed by atoms with Crippen molar-refractivity contribution < 1.29 is 33.3 Å². The zero-order chi connectivity index (χ0) is 21.0. The Bertz CT molecular complexity index is 903. The summed E-state index contributed by atoms with van der Waals surface area (Å²) in [6.07, 6.45) is -0.807. The lowest BCUT2D eigenvalue weighted by atomic mass is 10.0. The summed E-state index contributed by atoms with van der Waals surface area (Å²) in [6.45, 7) is 1.45. The van der Waals surface area contributed by atoms with Crippen molar-refractivity contribution in [3.8, 4) is 5.88 Å². The molecule has 1 aromatic carbocycles. The van der Waals surface area contributed by atoms with Gasteiger partial charge in [-0.15, -0.1) is 0 Å². The molecular weight excluding hydrogens is 383 g/mol. The van der Waals surface area contributed by atoms with Gasteiger partial charge in [0.15, 0.2) is 0 Å². The third-order valence-corrected chi connectivity index (χ3v) is 4.46. The van der Waals surface area contributed by atoms with Crippen LogP contribution in [-0.4, -0.2) is 48.5 Å². The molecule has 0 saturated heterocycles. The molecule has 0 saturated carbocycles. The lowest BCUT2D eigenvalue weighted by Gasteiger charge is -2.34. The molecule has 0 fully saturated rings. The van der Waals surface area contributed by atoms with Crippen LogP contribution in [0.3, 0.4) is 0 Å². The minimum absolute atomic E-state index is 0.0862. The van der Waals surface area contributed by atoms with E-state index in [1.807, 2.05) is 0 Å². The number of methoxy groups -OCH3 is 1. The molecule has 1 aromatic heterocycles. The summed E-state index contributed by atoms with van der Waals surface area (Å²) in [5.41, 5.74) is 2.17. The Kier molecular flexibility index (Phi) is 6.28. The Morgan fingerprint density at radius 1 is 1.34 bits per heavy atom. The summed E-state index contributed by atoms with van der Waals surface area (Å²) in [4.78, 5) is 28.7. The summed E-state index contributed by atoms with van der Waals surface area (Å²) < 4.78 is 29.1. The van der Waals surface area contributed by atoms with Crippen molar-refractivity contribution >= 4 is 17.7 Å². The molecule has 1 aliphatic heterocycles. The molecule has 1 atom stereocenters. The maximum atomic E-state index is 13.2. The fraction of sp³-hybridized carbons (Fsp3) is 0.350. The quantitative estimate of drug-likeness (QED) is 0.739. The highest BCUT2D eigenvalue weighted by atomic mass is 19.1. The van der Waals surface area contributed by atoms with Crippen LogP contribution in [-0.2, 0) is 27.3 Å². The lowest BCUT2D eigenvalue weighted by Crippen LogP contribution is -2.49. The summed E-state index contributed by atoms with van der Waals surface area (Å²) >= 11 is 0. The van der Waals surface area contributed by atoms with E-state index >= 15 is 0 Å². The predicted octanol–water partition coefficient (Wildman–Crippen LogP) is 2.77. The minimum Gasteiger partial charge on any atom is -0.474 e. The summed E-state index contributed by atoms with van der Waals surface area (Å²) in [5, 5.41) is 9.71. The van der Waals surface area contributed by atoms with E-state index in [9.17, 15) is 19.1 Å². The molecule has 3 rings (SSSR count). The molecule has 0 bridgehead atoms. The average Bonchev–Trinajstić information content (AvgIpc) is 2.68. The molecular formula is C20H21FN2O6. The Balaban J connectivity index is 2.02. The summed E-state index contributed by atoms with van der Waals surface area (Å²) in [5.74, 6) is -0.680. The first-order chi connectivity index (χ1) is 13.9. The predicted molar refractivity (Wildman–Crippen MR) is 101 cm³/mol. The average molecular weight is 404 g/mol. The van der Waals surface area contributed by atoms with Crippen LogP contribution >= 0.6 is 0 Å². The van der Waals surface area contributed by atoms with E-state index in [0.717, 1.165) is 5.56 Å². The SMILES string of the molecule is COC[C@H]1COc2nc(COC(C)=O)c(Cc3ccc(F)cc3)cc2N1C(=O)O. The number of nitrogens with zero attached hydrogens (tertiary/aromatic N) is 2. The number of carbonyl (C=O) groups excluding carboxylic acids is 1. The van der Waals surface area contributed by atoms with Gasteiger partial charge in [-0.2, -0.15) is 0 Å².